The Morgan fingerprint density at radius 1 is 0.722 bits per heavy atom. The molecule has 0 aliphatic carbocycles. The highest BCUT2D eigenvalue weighted by Gasteiger charge is 2.35. The highest BCUT2D eigenvalue weighted by molar-refractivity contribution is 5.13. The van der Waals surface area contributed by atoms with E-state index in [0.29, 0.717) is 19.8 Å². The van der Waals surface area contributed by atoms with Gasteiger partial charge in [0.2, 0.25) is 0 Å². The Morgan fingerprint density at radius 2 is 1.28 bits per heavy atom. The Balaban J connectivity index is 1.44. The molecule has 1 heterocycles. The van der Waals surface area contributed by atoms with E-state index in [1.165, 1.54) is 76.2 Å². The van der Waals surface area contributed by atoms with Crippen LogP contribution in [-0.2, 0) is 30.3 Å². The van der Waals surface area contributed by atoms with Gasteiger partial charge in [-0.05, 0) is 24.8 Å². The van der Waals surface area contributed by atoms with Gasteiger partial charge in [0.15, 0.2) is 5.79 Å². The molecule has 1 aliphatic rings. The second kappa shape index (κ2) is 21.0. The molecule has 1 saturated heterocycles. The molecular weight excluding hydrogens is 452 g/mol. The third-order valence-electron chi connectivity index (χ3n) is 7.12. The van der Waals surface area contributed by atoms with E-state index in [-0.39, 0.29) is 11.9 Å². The molecule has 0 radical (unpaired) electrons. The van der Waals surface area contributed by atoms with Crippen LogP contribution in [0, 0.1) is 0 Å². The topological polar surface area (TPSA) is 46.2 Å². The summed E-state index contributed by atoms with van der Waals surface area (Å²) in [7, 11) is 1.72. The lowest BCUT2D eigenvalue weighted by Crippen LogP contribution is -2.30. The average molecular weight is 507 g/mol. The molecule has 1 aromatic carbocycles. The lowest BCUT2D eigenvalue weighted by atomic mass is 9.99. The second-order valence-corrected chi connectivity index (χ2v) is 10.3. The number of unbranched alkanes of at least 4 members (excludes halogenated alkanes) is 11. The van der Waals surface area contributed by atoms with E-state index in [2.05, 4.69) is 19.1 Å². The van der Waals surface area contributed by atoms with Crippen LogP contribution < -0.4 is 0 Å². The predicted octanol–water partition coefficient (Wildman–Crippen LogP) is 7.85. The lowest BCUT2D eigenvalue weighted by Gasteiger charge is -2.27. The normalized spacial score (nSPS) is 15.9. The smallest absolute Gasteiger partial charge is 0.168 e. The van der Waals surface area contributed by atoms with Gasteiger partial charge in [0.05, 0.1) is 33.0 Å². The van der Waals surface area contributed by atoms with Crippen molar-refractivity contribution in [2.75, 3.05) is 40.1 Å². The zero-order valence-electron chi connectivity index (χ0n) is 23.4. The molecule has 0 amide bonds. The van der Waals surface area contributed by atoms with Crippen LogP contribution >= 0.6 is 0 Å². The lowest BCUT2D eigenvalue weighted by molar-refractivity contribution is -0.168. The van der Waals surface area contributed by atoms with Crippen molar-refractivity contribution in [2.45, 2.75) is 122 Å². The van der Waals surface area contributed by atoms with Crippen LogP contribution in [0.1, 0.15) is 109 Å². The third kappa shape index (κ3) is 14.7. The summed E-state index contributed by atoms with van der Waals surface area (Å²) < 4.78 is 29.3. The maximum Gasteiger partial charge on any atom is 0.168 e. The van der Waals surface area contributed by atoms with Crippen molar-refractivity contribution < 1.29 is 23.7 Å². The van der Waals surface area contributed by atoms with E-state index in [1.807, 2.05) is 18.2 Å². The Bertz CT molecular complexity index is 602. The van der Waals surface area contributed by atoms with Gasteiger partial charge < -0.3 is 23.7 Å². The highest BCUT2D eigenvalue weighted by Crippen LogP contribution is 2.32. The third-order valence-corrected chi connectivity index (χ3v) is 7.12. The molecule has 2 rings (SSSR count). The van der Waals surface area contributed by atoms with Crippen LogP contribution in [0.3, 0.4) is 0 Å². The molecule has 5 nitrogen and oxygen atoms in total. The van der Waals surface area contributed by atoms with Crippen molar-refractivity contribution >= 4 is 0 Å². The number of hydrogen-bond acceptors (Lipinski definition) is 5. The van der Waals surface area contributed by atoms with E-state index in [4.69, 9.17) is 23.7 Å². The quantitative estimate of drug-likeness (QED) is 0.134. The predicted molar refractivity (Wildman–Crippen MR) is 147 cm³/mol. The van der Waals surface area contributed by atoms with Crippen molar-refractivity contribution in [1.82, 2.24) is 0 Å². The maximum atomic E-state index is 6.08. The summed E-state index contributed by atoms with van der Waals surface area (Å²) in [5.74, 6) is -0.303. The van der Waals surface area contributed by atoms with Crippen molar-refractivity contribution in [3.05, 3.63) is 35.9 Å². The largest absolute Gasteiger partial charge is 0.379 e. The van der Waals surface area contributed by atoms with Crippen molar-refractivity contribution in [1.29, 1.82) is 0 Å². The fourth-order valence-corrected chi connectivity index (χ4v) is 4.85. The Morgan fingerprint density at radius 3 is 1.89 bits per heavy atom. The SMILES string of the molecule is CCCCCCCCCCCC1(CCCCCCOCC(COCc2ccccc2)OC)OCCO1. The molecule has 1 aliphatic heterocycles. The Labute approximate surface area is 221 Å². The fourth-order valence-electron chi connectivity index (χ4n) is 4.85. The van der Waals surface area contributed by atoms with Gasteiger partial charge in [-0.2, -0.15) is 0 Å². The van der Waals surface area contributed by atoms with Crippen molar-refractivity contribution in [3.8, 4) is 0 Å². The molecule has 0 aromatic heterocycles. The van der Waals surface area contributed by atoms with Crippen LogP contribution in [0.5, 0.6) is 0 Å². The van der Waals surface area contributed by atoms with Gasteiger partial charge in [0.25, 0.3) is 0 Å². The van der Waals surface area contributed by atoms with Crippen LogP contribution in [0.25, 0.3) is 0 Å². The van der Waals surface area contributed by atoms with Gasteiger partial charge in [-0.15, -0.1) is 0 Å². The van der Waals surface area contributed by atoms with E-state index in [9.17, 15) is 0 Å². The summed E-state index contributed by atoms with van der Waals surface area (Å²) >= 11 is 0. The summed E-state index contributed by atoms with van der Waals surface area (Å²) in [6.45, 7) is 6.29. The number of methoxy groups -OCH3 is 1. The first-order chi connectivity index (χ1) is 17.8. The summed E-state index contributed by atoms with van der Waals surface area (Å²) in [5.41, 5.74) is 1.18. The van der Waals surface area contributed by atoms with E-state index < -0.39 is 0 Å². The maximum absolute atomic E-state index is 6.08. The van der Waals surface area contributed by atoms with Crippen molar-refractivity contribution in [2.24, 2.45) is 0 Å². The fraction of sp³-hybridized carbons (Fsp3) is 0.806. The minimum atomic E-state index is -0.303. The molecule has 1 unspecified atom stereocenters. The second-order valence-electron chi connectivity index (χ2n) is 10.3. The van der Waals surface area contributed by atoms with Crippen LogP contribution in [0.2, 0.25) is 0 Å². The summed E-state index contributed by atoms with van der Waals surface area (Å²) in [6.07, 6.45) is 18.9. The summed E-state index contributed by atoms with van der Waals surface area (Å²) in [4.78, 5) is 0. The van der Waals surface area contributed by atoms with Crippen LogP contribution in [-0.4, -0.2) is 52.0 Å². The number of hydrogen-bond donors (Lipinski definition) is 0. The molecule has 0 bridgehead atoms. The average Bonchev–Trinajstić information content (AvgIpc) is 3.37. The van der Waals surface area contributed by atoms with E-state index in [1.54, 1.807) is 7.11 Å². The highest BCUT2D eigenvalue weighted by atomic mass is 16.7. The first-order valence-electron chi connectivity index (χ1n) is 14.8. The molecule has 0 spiro atoms. The van der Waals surface area contributed by atoms with E-state index in [0.717, 1.165) is 45.5 Å². The molecule has 0 saturated carbocycles. The zero-order valence-corrected chi connectivity index (χ0v) is 23.4. The van der Waals surface area contributed by atoms with Crippen LogP contribution in [0.4, 0.5) is 0 Å². The molecular formula is C31H54O5. The summed E-state index contributed by atoms with van der Waals surface area (Å²) in [6, 6.07) is 10.2. The number of benzene rings is 1. The molecule has 1 aromatic rings. The molecule has 36 heavy (non-hydrogen) atoms. The van der Waals surface area contributed by atoms with Crippen LogP contribution in [0.15, 0.2) is 30.3 Å². The molecule has 0 N–H and O–H groups in total. The monoisotopic (exact) mass is 506 g/mol. The minimum Gasteiger partial charge on any atom is -0.379 e. The Hall–Kier alpha value is -0.980. The molecule has 5 heteroatoms. The zero-order chi connectivity index (χ0) is 25.6. The van der Waals surface area contributed by atoms with Gasteiger partial charge in [-0.1, -0.05) is 101 Å². The van der Waals surface area contributed by atoms with Crippen molar-refractivity contribution in [3.63, 3.8) is 0 Å². The molecule has 1 atom stereocenters. The molecule has 208 valence electrons. The summed E-state index contributed by atoms with van der Waals surface area (Å²) in [5, 5.41) is 0. The standard InChI is InChI=1S/C31H54O5/c1-3-4-5-6-7-8-9-10-16-21-31(35-24-25-36-31)22-17-11-12-18-23-33-27-30(32-2)28-34-26-29-19-14-13-15-20-29/h13-15,19-20,30H,3-12,16-18,21-28H2,1-2H3. The first kappa shape index (κ1) is 31.2. The number of ether oxygens (including phenoxy) is 5. The minimum absolute atomic E-state index is 0.0220. The van der Waals surface area contributed by atoms with Gasteiger partial charge in [0.1, 0.15) is 6.10 Å². The van der Waals surface area contributed by atoms with Gasteiger partial charge >= 0.3 is 0 Å². The van der Waals surface area contributed by atoms with Gasteiger partial charge in [0, 0.05) is 26.6 Å². The first-order valence-corrected chi connectivity index (χ1v) is 14.8. The van der Waals surface area contributed by atoms with Gasteiger partial charge in [-0.3, -0.25) is 0 Å². The Kier molecular flexibility index (Phi) is 18.2. The molecule has 1 fully saturated rings. The van der Waals surface area contributed by atoms with Gasteiger partial charge in [-0.25, -0.2) is 0 Å². The van der Waals surface area contributed by atoms with E-state index >= 15 is 0 Å². The number of rotatable bonds is 24.